The second-order valence-corrected chi connectivity index (χ2v) is 5.23. The summed E-state index contributed by atoms with van der Waals surface area (Å²) in [5.74, 6) is -3.92. The first-order chi connectivity index (χ1) is 10.7. The molecule has 0 aliphatic heterocycles. The number of nitrogen functional groups attached to an aromatic ring is 1. The molecule has 2 aromatic rings. The summed E-state index contributed by atoms with van der Waals surface area (Å²) in [4.78, 5) is 14.7. The second-order valence-electron chi connectivity index (χ2n) is 5.23. The SMILES string of the molecule is Cc1cnc(N)c(-c2cc(C(C)(F)F)ccc2OCC(=O)O)c1. The van der Waals surface area contributed by atoms with Gasteiger partial charge in [0, 0.05) is 29.8 Å². The van der Waals surface area contributed by atoms with Crippen LogP contribution >= 0.6 is 0 Å². The van der Waals surface area contributed by atoms with Crippen LogP contribution in [0.5, 0.6) is 5.75 Å². The zero-order chi connectivity index (χ0) is 17.2. The van der Waals surface area contributed by atoms with Gasteiger partial charge in [0.25, 0.3) is 5.92 Å². The Hall–Kier alpha value is -2.70. The number of pyridine rings is 1. The number of alkyl halides is 2. The van der Waals surface area contributed by atoms with E-state index in [1.54, 1.807) is 19.2 Å². The lowest BCUT2D eigenvalue weighted by Crippen LogP contribution is -2.12. The molecule has 0 radical (unpaired) electrons. The molecule has 0 aliphatic rings. The van der Waals surface area contributed by atoms with Gasteiger partial charge in [-0.25, -0.2) is 18.6 Å². The largest absolute Gasteiger partial charge is 0.481 e. The van der Waals surface area contributed by atoms with Crippen LogP contribution in [0.1, 0.15) is 18.1 Å². The van der Waals surface area contributed by atoms with Crippen LogP contribution in [-0.2, 0) is 10.7 Å². The van der Waals surface area contributed by atoms with Crippen LogP contribution in [0.15, 0.2) is 30.5 Å². The first kappa shape index (κ1) is 16.7. The third-order valence-corrected chi connectivity index (χ3v) is 3.18. The number of benzene rings is 1. The highest BCUT2D eigenvalue weighted by Gasteiger charge is 2.26. The fraction of sp³-hybridized carbons (Fsp3) is 0.250. The number of nitrogens with zero attached hydrogens (tertiary/aromatic N) is 1. The van der Waals surface area contributed by atoms with Crippen molar-refractivity contribution in [1.29, 1.82) is 0 Å². The minimum absolute atomic E-state index is 0.146. The molecule has 0 spiro atoms. The lowest BCUT2D eigenvalue weighted by atomic mass is 9.99. The molecule has 0 saturated carbocycles. The molecule has 2 rings (SSSR count). The van der Waals surface area contributed by atoms with Gasteiger partial charge in [0.05, 0.1) is 0 Å². The van der Waals surface area contributed by atoms with E-state index in [-0.39, 0.29) is 22.7 Å². The number of ether oxygens (including phenoxy) is 1. The van der Waals surface area contributed by atoms with Gasteiger partial charge < -0.3 is 15.6 Å². The summed E-state index contributed by atoms with van der Waals surface area (Å²) in [5, 5.41) is 8.74. The van der Waals surface area contributed by atoms with Gasteiger partial charge >= 0.3 is 5.97 Å². The van der Waals surface area contributed by atoms with Crippen molar-refractivity contribution in [2.24, 2.45) is 0 Å². The average molecular weight is 322 g/mol. The maximum Gasteiger partial charge on any atom is 0.341 e. The molecule has 5 nitrogen and oxygen atoms in total. The molecule has 0 atom stereocenters. The first-order valence-electron chi connectivity index (χ1n) is 6.78. The maximum absolute atomic E-state index is 13.6. The summed E-state index contributed by atoms with van der Waals surface area (Å²) in [6.07, 6.45) is 1.55. The summed E-state index contributed by atoms with van der Waals surface area (Å²) in [6.45, 7) is 1.97. The van der Waals surface area contributed by atoms with E-state index in [2.05, 4.69) is 4.98 Å². The lowest BCUT2D eigenvalue weighted by Gasteiger charge is -2.17. The molecule has 0 amide bonds. The molecule has 0 saturated heterocycles. The van der Waals surface area contributed by atoms with Crippen molar-refractivity contribution in [1.82, 2.24) is 4.98 Å². The zero-order valence-corrected chi connectivity index (χ0v) is 12.6. The molecule has 7 heteroatoms. The van der Waals surface area contributed by atoms with E-state index in [1.165, 1.54) is 18.2 Å². The Morgan fingerprint density at radius 3 is 2.65 bits per heavy atom. The quantitative estimate of drug-likeness (QED) is 0.883. The van der Waals surface area contributed by atoms with Crippen LogP contribution in [-0.4, -0.2) is 22.7 Å². The van der Waals surface area contributed by atoms with Crippen LogP contribution < -0.4 is 10.5 Å². The molecule has 0 aliphatic carbocycles. The van der Waals surface area contributed by atoms with Crippen molar-refractivity contribution in [3.63, 3.8) is 0 Å². The van der Waals surface area contributed by atoms with Gasteiger partial charge in [0.1, 0.15) is 11.6 Å². The van der Waals surface area contributed by atoms with E-state index in [1.807, 2.05) is 0 Å². The molecular formula is C16H16F2N2O3. The Labute approximate surface area is 131 Å². The molecule has 3 N–H and O–H groups in total. The number of carboxylic acid groups (broad SMARTS) is 1. The third-order valence-electron chi connectivity index (χ3n) is 3.18. The standard InChI is InChI=1S/C16H16F2N2O3/c1-9-5-12(15(19)20-7-9)11-6-10(16(2,17)18)3-4-13(11)23-8-14(21)22/h3-7H,8H2,1-2H3,(H2,19,20)(H,21,22). The number of nitrogens with two attached hydrogens (primary N) is 1. The number of hydrogen-bond acceptors (Lipinski definition) is 4. The number of hydrogen-bond donors (Lipinski definition) is 2. The summed E-state index contributed by atoms with van der Waals surface area (Å²) >= 11 is 0. The van der Waals surface area contributed by atoms with Gasteiger partial charge in [0.2, 0.25) is 0 Å². The molecule has 23 heavy (non-hydrogen) atoms. The van der Waals surface area contributed by atoms with Gasteiger partial charge in [-0.05, 0) is 36.8 Å². The van der Waals surface area contributed by atoms with Crippen molar-refractivity contribution < 1.29 is 23.4 Å². The van der Waals surface area contributed by atoms with E-state index >= 15 is 0 Å². The van der Waals surface area contributed by atoms with E-state index in [0.29, 0.717) is 5.56 Å². The number of aromatic nitrogens is 1. The predicted octanol–water partition coefficient (Wildman–Crippen LogP) is 3.21. The topological polar surface area (TPSA) is 85.4 Å². The minimum atomic E-state index is -3.05. The summed E-state index contributed by atoms with van der Waals surface area (Å²) in [7, 11) is 0. The number of aliphatic carboxylic acids is 1. The van der Waals surface area contributed by atoms with Crippen molar-refractivity contribution in [2.45, 2.75) is 19.8 Å². The molecule has 1 aromatic carbocycles. The molecule has 0 fully saturated rings. The van der Waals surface area contributed by atoms with Crippen LogP contribution in [0.3, 0.4) is 0 Å². The highest BCUT2D eigenvalue weighted by atomic mass is 19.3. The normalized spacial score (nSPS) is 11.3. The smallest absolute Gasteiger partial charge is 0.341 e. The number of carbonyl (C=O) groups is 1. The van der Waals surface area contributed by atoms with Gasteiger partial charge in [0.15, 0.2) is 6.61 Å². The third kappa shape index (κ3) is 3.94. The van der Waals surface area contributed by atoms with Gasteiger partial charge in [-0.1, -0.05) is 0 Å². The van der Waals surface area contributed by atoms with Crippen LogP contribution in [0.2, 0.25) is 0 Å². The number of rotatable bonds is 5. The van der Waals surface area contributed by atoms with Crippen LogP contribution in [0, 0.1) is 6.92 Å². The Morgan fingerprint density at radius 2 is 2.04 bits per heavy atom. The summed E-state index contributed by atoms with van der Waals surface area (Å²) in [6, 6.07) is 5.43. The van der Waals surface area contributed by atoms with Gasteiger partial charge in [-0.3, -0.25) is 0 Å². The number of aryl methyl sites for hydroxylation is 1. The first-order valence-corrected chi connectivity index (χ1v) is 6.78. The Bertz CT molecular complexity index is 743. The minimum Gasteiger partial charge on any atom is -0.481 e. The fourth-order valence-electron chi connectivity index (χ4n) is 2.07. The maximum atomic E-state index is 13.6. The Balaban J connectivity index is 2.60. The predicted molar refractivity (Wildman–Crippen MR) is 81.5 cm³/mol. The van der Waals surface area contributed by atoms with E-state index in [0.717, 1.165) is 12.5 Å². The fourth-order valence-corrected chi connectivity index (χ4v) is 2.07. The second kappa shape index (κ2) is 6.20. The van der Waals surface area contributed by atoms with E-state index < -0.39 is 18.5 Å². The van der Waals surface area contributed by atoms with Crippen LogP contribution in [0.4, 0.5) is 14.6 Å². The van der Waals surface area contributed by atoms with Crippen molar-refractivity contribution >= 4 is 11.8 Å². The van der Waals surface area contributed by atoms with Gasteiger partial charge in [-0.15, -0.1) is 0 Å². The lowest BCUT2D eigenvalue weighted by molar-refractivity contribution is -0.139. The molecule has 122 valence electrons. The van der Waals surface area contributed by atoms with Crippen LogP contribution in [0.25, 0.3) is 11.1 Å². The number of halogens is 2. The highest BCUT2D eigenvalue weighted by molar-refractivity contribution is 5.80. The number of anilines is 1. The van der Waals surface area contributed by atoms with Crippen molar-refractivity contribution in [3.05, 3.63) is 41.6 Å². The Kier molecular flexibility index (Phi) is 4.49. The molecular weight excluding hydrogens is 306 g/mol. The summed E-state index contributed by atoms with van der Waals surface area (Å²) < 4.78 is 32.4. The Morgan fingerprint density at radius 1 is 1.35 bits per heavy atom. The average Bonchev–Trinajstić information content (AvgIpc) is 2.46. The van der Waals surface area contributed by atoms with Crippen molar-refractivity contribution in [2.75, 3.05) is 12.3 Å². The van der Waals surface area contributed by atoms with Crippen molar-refractivity contribution in [3.8, 4) is 16.9 Å². The summed E-state index contributed by atoms with van der Waals surface area (Å²) in [5.41, 5.74) is 7.08. The molecule has 0 bridgehead atoms. The molecule has 1 aromatic heterocycles. The van der Waals surface area contributed by atoms with Gasteiger partial charge in [-0.2, -0.15) is 0 Å². The molecule has 1 heterocycles. The molecule has 0 unspecified atom stereocenters. The highest BCUT2D eigenvalue weighted by Crippen LogP contribution is 2.38. The van der Waals surface area contributed by atoms with E-state index in [4.69, 9.17) is 15.6 Å². The monoisotopic (exact) mass is 322 g/mol. The zero-order valence-electron chi connectivity index (χ0n) is 12.6. The van der Waals surface area contributed by atoms with E-state index in [9.17, 15) is 13.6 Å². The number of carboxylic acids is 1.